The van der Waals surface area contributed by atoms with E-state index in [9.17, 15) is 4.79 Å². The molecule has 0 bridgehead atoms. The Morgan fingerprint density at radius 2 is 2.12 bits per heavy atom. The van der Waals surface area contributed by atoms with E-state index < -0.39 is 0 Å². The second kappa shape index (κ2) is 7.70. The lowest BCUT2D eigenvalue weighted by Gasteiger charge is -2.36. The zero-order chi connectivity index (χ0) is 17.8. The molecule has 1 aliphatic rings. The lowest BCUT2D eigenvalue weighted by atomic mass is 10.0. The number of benzene rings is 1. The molecule has 6 heteroatoms. The van der Waals surface area contributed by atoms with E-state index in [0.717, 1.165) is 22.6 Å². The van der Waals surface area contributed by atoms with Crippen molar-refractivity contribution in [2.24, 2.45) is 0 Å². The van der Waals surface area contributed by atoms with Gasteiger partial charge in [0.05, 0.1) is 24.9 Å². The largest absolute Gasteiger partial charge is 0.377 e. The highest BCUT2D eigenvalue weighted by Crippen LogP contribution is 2.24. The maximum absolute atomic E-state index is 12.8. The average molecular weight is 343 g/mol. The summed E-state index contributed by atoms with van der Waals surface area (Å²) in [4.78, 5) is 14.7. The molecular weight excluding hydrogens is 318 g/mol. The van der Waals surface area contributed by atoms with Gasteiger partial charge < -0.3 is 19.5 Å². The van der Waals surface area contributed by atoms with Gasteiger partial charge in [-0.05, 0) is 32.8 Å². The van der Waals surface area contributed by atoms with Crippen molar-refractivity contribution in [3.8, 4) is 0 Å². The van der Waals surface area contributed by atoms with Crippen molar-refractivity contribution in [3.05, 3.63) is 52.9 Å². The summed E-state index contributed by atoms with van der Waals surface area (Å²) in [6, 6.07) is 9.89. The number of amides is 2. The Bertz CT molecular complexity index is 694. The molecule has 134 valence electrons. The molecule has 0 spiro atoms. The molecule has 2 amide bonds. The van der Waals surface area contributed by atoms with E-state index >= 15 is 0 Å². The minimum Gasteiger partial charge on any atom is -0.377 e. The summed E-state index contributed by atoms with van der Waals surface area (Å²) in [5.74, 6) is 0.812. The molecule has 1 aromatic heterocycles. The molecule has 2 heterocycles. The lowest BCUT2D eigenvalue weighted by Crippen LogP contribution is -2.50. The third-order valence-corrected chi connectivity index (χ3v) is 4.64. The Kier molecular flexibility index (Phi) is 5.38. The third kappa shape index (κ3) is 4.02. The molecule has 1 aromatic carbocycles. The molecule has 1 aliphatic heterocycles. The second-order valence-electron chi connectivity index (χ2n) is 6.55. The number of hydrogen-bond acceptors (Lipinski definition) is 4. The minimum atomic E-state index is -0.0589. The zero-order valence-electron chi connectivity index (χ0n) is 15.0. The van der Waals surface area contributed by atoms with Crippen LogP contribution in [0.15, 0.2) is 34.9 Å². The van der Waals surface area contributed by atoms with Crippen LogP contribution in [0.25, 0.3) is 0 Å². The molecular formula is C19H25N3O3. The van der Waals surface area contributed by atoms with Crippen LogP contribution in [0, 0.1) is 13.8 Å². The summed E-state index contributed by atoms with van der Waals surface area (Å²) in [7, 11) is 0. The summed E-state index contributed by atoms with van der Waals surface area (Å²) in [5.41, 5.74) is 3.04. The van der Waals surface area contributed by atoms with E-state index in [-0.39, 0.29) is 18.1 Å². The number of carbonyl (C=O) groups excluding carboxylic acids is 1. The normalized spacial score (nSPS) is 18.8. The fraction of sp³-hybridized carbons (Fsp3) is 0.474. The van der Waals surface area contributed by atoms with Gasteiger partial charge in [0.2, 0.25) is 0 Å². The fourth-order valence-corrected chi connectivity index (χ4v) is 3.24. The van der Waals surface area contributed by atoms with Gasteiger partial charge in [-0.15, -0.1) is 0 Å². The number of hydrogen-bond donors (Lipinski definition) is 1. The maximum atomic E-state index is 12.8. The second-order valence-corrected chi connectivity index (χ2v) is 6.55. The first-order chi connectivity index (χ1) is 12.1. The van der Waals surface area contributed by atoms with Crippen LogP contribution in [0.1, 0.15) is 35.5 Å². The summed E-state index contributed by atoms with van der Waals surface area (Å²) in [6.45, 7) is 7.50. The Hall–Kier alpha value is -2.34. The number of urea groups is 1. The molecule has 1 N–H and O–H groups in total. The number of ether oxygens (including phenoxy) is 1. The quantitative estimate of drug-likeness (QED) is 0.927. The summed E-state index contributed by atoms with van der Waals surface area (Å²) in [5, 5.41) is 7.08. The Morgan fingerprint density at radius 1 is 1.36 bits per heavy atom. The van der Waals surface area contributed by atoms with Gasteiger partial charge in [-0.2, -0.15) is 0 Å². The van der Waals surface area contributed by atoms with Gasteiger partial charge in [0.25, 0.3) is 0 Å². The van der Waals surface area contributed by atoms with E-state index in [0.29, 0.717) is 26.2 Å². The molecule has 0 radical (unpaired) electrons. The molecule has 2 unspecified atom stereocenters. The fourth-order valence-electron chi connectivity index (χ4n) is 3.24. The van der Waals surface area contributed by atoms with E-state index in [4.69, 9.17) is 9.26 Å². The van der Waals surface area contributed by atoms with Crippen LogP contribution in [-0.4, -0.2) is 41.9 Å². The lowest BCUT2D eigenvalue weighted by molar-refractivity contribution is 0.0111. The highest BCUT2D eigenvalue weighted by molar-refractivity contribution is 5.75. The van der Waals surface area contributed by atoms with E-state index in [1.165, 1.54) is 0 Å². The van der Waals surface area contributed by atoms with E-state index in [1.807, 2.05) is 56.0 Å². The predicted octanol–water partition coefficient (Wildman–Crippen LogP) is 3.01. The first-order valence-corrected chi connectivity index (χ1v) is 8.68. The van der Waals surface area contributed by atoms with Crippen molar-refractivity contribution in [1.29, 1.82) is 0 Å². The Balaban J connectivity index is 1.66. The van der Waals surface area contributed by atoms with Gasteiger partial charge in [-0.1, -0.05) is 35.5 Å². The molecule has 2 aromatic rings. The highest BCUT2D eigenvalue weighted by atomic mass is 16.5. The van der Waals surface area contributed by atoms with Crippen molar-refractivity contribution < 1.29 is 14.1 Å². The number of aryl methyl sites for hydroxylation is 2. The molecule has 25 heavy (non-hydrogen) atoms. The van der Waals surface area contributed by atoms with Crippen LogP contribution in [-0.2, 0) is 11.2 Å². The highest BCUT2D eigenvalue weighted by Gasteiger charge is 2.29. The van der Waals surface area contributed by atoms with E-state index in [2.05, 4.69) is 10.5 Å². The molecule has 6 nitrogen and oxygen atoms in total. The summed E-state index contributed by atoms with van der Waals surface area (Å²) < 4.78 is 10.8. The van der Waals surface area contributed by atoms with Crippen molar-refractivity contribution in [3.63, 3.8) is 0 Å². The zero-order valence-corrected chi connectivity index (χ0v) is 15.0. The number of nitrogens with zero attached hydrogens (tertiary/aromatic N) is 2. The van der Waals surface area contributed by atoms with Crippen LogP contribution < -0.4 is 5.32 Å². The first kappa shape index (κ1) is 17.5. The van der Waals surface area contributed by atoms with Crippen LogP contribution in [0.2, 0.25) is 0 Å². The first-order valence-electron chi connectivity index (χ1n) is 8.68. The van der Waals surface area contributed by atoms with Crippen molar-refractivity contribution in [2.75, 3.05) is 19.8 Å². The third-order valence-electron chi connectivity index (χ3n) is 4.64. The summed E-state index contributed by atoms with van der Waals surface area (Å²) in [6.07, 6.45) is 0.702. The molecule has 0 aliphatic carbocycles. The Morgan fingerprint density at radius 3 is 2.80 bits per heavy atom. The van der Waals surface area contributed by atoms with Crippen LogP contribution in [0.5, 0.6) is 0 Å². The number of nitrogens with one attached hydrogen (secondary N) is 1. The molecule has 3 rings (SSSR count). The van der Waals surface area contributed by atoms with Gasteiger partial charge >= 0.3 is 6.03 Å². The van der Waals surface area contributed by atoms with Gasteiger partial charge in [0, 0.05) is 18.2 Å². The average Bonchev–Trinajstić information content (AvgIpc) is 2.94. The molecule has 2 atom stereocenters. The summed E-state index contributed by atoms with van der Waals surface area (Å²) >= 11 is 0. The van der Waals surface area contributed by atoms with Crippen molar-refractivity contribution in [2.45, 2.75) is 39.3 Å². The van der Waals surface area contributed by atoms with Crippen molar-refractivity contribution in [1.82, 2.24) is 15.4 Å². The number of aromatic nitrogens is 1. The van der Waals surface area contributed by atoms with Gasteiger partial charge in [0.15, 0.2) is 0 Å². The van der Waals surface area contributed by atoms with Crippen molar-refractivity contribution >= 4 is 6.03 Å². The van der Waals surface area contributed by atoms with Gasteiger partial charge in [0.1, 0.15) is 5.76 Å². The number of morpholine rings is 1. The monoisotopic (exact) mass is 343 g/mol. The van der Waals surface area contributed by atoms with Crippen LogP contribution in [0.4, 0.5) is 4.79 Å². The van der Waals surface area contributed by atoms with Gasteiger partial charge in [-0.3, -0.25) is 0 Å². The predicted molar refractivity (Wildman–Crippen MR) is 94.4 cm³/mol. The SMILES string of the molecule is Cc1noc(C)c1CC(C)NC(=O)N1CCOCC1c1ccccc1. The number of carbonyl (C=O) groups is 1. The maximum Gasteiger partial charge on any atom is 0.318 e. The Labute approximate surface area is 148 Å². The topological polar surface area (TPSA) is 67.6 Å². The van der Waals surface area contributed by atoms with Crippen LogP contribution >= 0.6 is 0 Å². The smallest absolute Gasteiger partial charge is 0.318 e. The van der Waals surface area contributed by atoms with Crippen LogP contribution in [0.3, 0.4) is 0 Å². The standard InChI is InChI=1S/C19H25N3O3/c1-13(11-17-14(2)21-25-15(17)3)20-19(23)22-9-10-24-12-18(22)16-7-5-4-6-8-16/h4-8,13,18H,9-12H2,1-3H3,(H,20,23). The number of rotatable bonds is 4. The molecule has 1 fully saturated rings. The molecule has 0 saturated carbocycles. The minimum absolute atomic E-state index is 0.0106. The van der Waals surface area contributed by atoms with Gasteiger partial charge in [-0.25, -0.2) is 4.79 Å². The molecule has 1 saturated heterocycles. The van der Waals surface area contributed by atoms with E-state index in [1.54, 1.807) is 0 Å².